The number of carbonyl (C=O) groups excluding carboxylic acids is 1. The molecule has 1 N–H and O–H groups in total. The summed E-state index contributed by atoms with van der Waals surface area (Å²) in [6, 6.07) is 18.9. The van der Waals surface area contributed by atoms with Gasteiger partial charge in [0.2, 0.25) is 10.0 Å². The lowest BCUT2D eigenvalue weighted by molar-refractivity contribution is 0.102. The number of hydrogen-bond donors (Lipinski definition) is 1. The van der Waals surface area contributed by atoms with Crippen LogP contribution in [-0.4, -0.2) is 25.7 Å². The van der Waals surface area contributed by atoms with Crippen molar-refractivity contribution in [3.05, 3.63) is 94.0 Å². The van der Waals surface area contributed by atoms with Crippen LogP contribution in [0.15, 0.2) is 71.6 Å². The van der Waals surface area contributed by atoms with E-state index in [1.807, 2.05) is 19.9 Å². The molecular formula is C23H23ClN2O3S. The van der Waals surface area contributed by atoms with E-state index in [2.05, 4.69) is 5.32 Å². The van der Waals surface area contributed by atoms with Crippen LogP contribution in [0.3, 0.4) is 0 Å². The van der Waals surface area contributed by atoms with E-state index in [0.29, 0.717) is 16.3 Å². The molecule has 0 aromatic heterocycles. The minimum atomic E-state index is -3.59. The Morgan fingerprint density at radius 3 is 2.23 bits per heavy atom. The van der Waals surface area contributed by atoms with Gasteiger partial charge in [0.05, 0.1) is 4.90 Å². The summed E-state index contributed by atoms with van der Waals surface area (Å²) in [5.74, 6) is -0.257. The maximum Gasteiger partial charge on any atom is 0.255 e. The molecule has 0 saturated carbocycles. The second-order valence-corrected chi connectivity index (χ2v) is 9.67. The first kappa shape index (κ1) is 22.0. The molecule has 1 amide bonds. The number of nitrogens with zero attached hydrogens (tertiary/aromatic N) is 1. The van der Waals surface area contributed by atoms with Crippen molar-refractivity contribution in [2.75, 3.05) is 12.4 Å². The molecule has 5 nitrogen and oxygen atoms in total. The van der Waals surface area contributed by atoms with Crippen LogP contribution in [0.4, 0.5) is 5.69 Å². The van der Waals surface area contributed by atoms with Gasteiger partial charge in [-0.15, -0.1) is 0 Å². The van der Waals surface area contributed by atoms with E-state index in [1.54, 1.807) is 60.7 Å². The molecule has 3 aromatic rings. The van der Waals surface area contributed by atoms with E-state index in [1.165, 1.54) is 11.4 Å². The fourth-order valence-corrected chi connectivity index (χ4v) is 4.25. The summed E-state index contributed by atoms with van der Waals surface area (Å²) < 4.78 is 26.8. The number of sulfonamides is 1. The number of carbonyl (C=O) groups is 1. The van der Waals surface area contributed by atoms with Crippen LogP contribution in [0.2, 0.25) is 5.02 Å². The predicted molar refractivity (Wildman–Crippen MR) is 120 cm³/mol. The molecule has 0 aliphatic rings. The molecule has 3 rings (SSSR count). The zero-order chi connectivity index (χ0) is 21.9. The van der Waals surface area contributed by atoms with Crippen LogP contribution < -0.4 is 5.32 Å². The summed E-state index contributed by atoms with van der Waals surface area (Å²) in [4.78, 5) is 12.8. The first-order chi connectivity index (χ1) is 14.2. The Balaban J connectivity index is 1.70. The monoisotopic (exact) mass is 442 g/mol. The number of amides is 1. The number of benzene rings is 3. The second kappa shape index (κ2) is 9.00. The van der Waals surface area contributed by atoms with Gasteiger partial charge in [-0.25, -0.2) is 8.42 Å². The van der Waals surface area contributed by atoms with Crippen LogP contribution in [0, 0.1) is 13.8 Å². The van der Waals surface area contributed by atoms with Gasteiger partial charge in [0.25, 0.3) is 5.91 Å². The number of aryl methyl sites for hydroxylation is 2. The molecule has 0 aliphatic carbocycles. The van der Waals surface area contributed by atoms with Gasteiger partial charge >= 0.3 is 0 Å². The summed E-state index contributed by atoms with van der Waals surface area (Å²) in [6.45, 7) is 4.00. The highest BCUT2D eigenvalue weighted by Gasteiger charge is 2.20. The lowest BCUT2D eigenvalue weighted by Crippen LogP contribution is -2.26. The Kier molecular flexibility index (Phi) is 6.61. The largest absolute Gasteiger partial charge is 0.322 e. The molecule has 0 aliphatic heterocycles. The van der Waals surface area contributed by atoms with Crippen molar-refractivity contribution in [2.45, 2.75) is 25.3 Å². The standard InChI is InChI=1S/C23H23ClN2O3S/c1-16-4-12-21(13-5-16)30(28,29)26(3)15-18-7-9-19(10-8-18)23(27)25-22-14-20(24)11-6-17(22)2/h4-14H,15H2,1-3H3,(H,25,27). The van der Waals surface area contributed by atoms with Gasteiger partial charge < -0.3 is 5.32 Å². The Labute approximate surface area is 182 Å². The van der Waals surface area contributed by atoms with Gasteiger partial charge in [0.1, 0.15) is 0 Å². The summed E-state index contributed by atoms with van der Waals surface area (Å²) >= 11 is 6.00. The number of nitrogens with one attached hydrogen (secondary N) is 1. The number of rotatable bonds is 6. The molecule has 30 heavy (non-hydrogen) atoms. The quantitative estimate of drug-likeness (QED) is 0.582. The average molecular weight is 443 g/mol. The van der Waals surface area contributed by atoms with Crippen LogP contribution in [0.1, 0.15) is 27.0 Å². The van der Waals surface area contributed by atoms with E-state index in [-0.39, 0.29) is 17.3 Å². The molecule has 7 heteroatoms. The number of anilines is 1. The number of hydrogen-bond acceptors (Lipinski definition) is 3. The van der Waals surface area contributed by atoms with E-state index >= 15 is 0 Å². The smallest absolute Gasteiger partial charge is 0.255 e. The van der Waals surface area contributed by atoms with Gasteiger partial charge in [0, 0.05) is 29.9 Å². The van der Waals surface area contributed by atoms with Crippen molar-refractivity contribution in [3.63, 3.8) is 0 Å². The van der Waals surface area contributed by atoms with Gasteiger partial charge in [-0.2, -0.15) is 4.31 Å². The van der Waals surface area contributed by atoms with Gasteiger partial charge in [-0.3, -0.25) is 4.79 Å². The lowest BCUT2D eigenvalue weighted by atomic mass is 10.1. The Bertz CT molecular complexity index is 1160. The predicted octanol–water partition coefficient (Wildman–Crippen LogP) is 5.03. The Morgan fingerprint density at radius 2 is 1.60 bits per heavy atom. The molecule has 0 atom stereocenters. The minimum Gasteiger partial charge on any atom is -0.322 e. The molecule has 0 spiro atoms. The molecule has 0 saturated heterocycles. The molecule has 0 heterocycles. The van der Waals surface area contributed by atoms with E-state index in [9.17, 15) is 13.2 Å². The minimum absolute atomic E-state index is 0.200. The molecule has 0 unspecified atom stereocenters. The van der Waals surface area contributed by atoms with Crippen LogP contribution in [-0.2, 0) is 16.6 Å². The topological polar surface area (TPSA) is 66.5 Å². The third-order valence-corrected chi connectivity index (χ3v) is 6.85. The maximum absolute atomic E-state index is 12.7. The van der Waals surface area contributed by atoms with Crippen LogP contribution in [0.25, 0.3) is 0 Å². The van der Waals surface area contributed by atoms with Gasteiger partial charge in [-0.05, 0) is 61.4 Å². The molecular weight excluding hydrogens is 420 g/mol. The van der Waals surface area contributed by atoms with E-state index < -0.39 is 10.0 Å². The highest BCUT2D eigenvalue weighted by molar-refractivity contribution is 7.89. The van der Waals surface area contributed by atoms with Crippen molar-refractivity contribution in [2.24, 2.45) is 0 Å². The van der Waals surface area contributed by atoms with Crippen molar-refractivity contribution in [1.29, 1.82) is 0 Å². The van der Waals surface area contributed by atoms with E-state index in [0.717, 1.165) is 16.7 Å². The molecule has 0 radical (unpaired) electrons. The third kappa shape index (κ3) is 5.08. The number of halogens is 1. The lowest BCUT2D eigenvalue weighted by Gasteiger charge is -2.17. The summed E-state index contributed by atoms with van der Waals surface area (Å²) in [7, 11) is -2.05. The Hall–Kier alpha value is -2.67. The fourth-order valence-electron chi connectivity index (χ4n) is 2.92. The molecule has 156 valence electrons. The van der Waals surface area contributed by atoms with Crippen LogP contribution >= 0.6 is 11.6 Å². The zero-order valence-electron chi connectivity index (χ0n) is 17.0. The molecule has 0 fully saturated rings. The fraction of sp³-hybridized carbons (Fsp3) is 0.174. The van der Waals surface area contributed by atoms with E-state index in [4.69, 9.17) is 11.6 Å². The highest BCUT2D eigenvalue weighted by atomic mass is 35.5. The summed E-state index contributed by atoms with van der Waals surface area (Å²) in [5, 5.41) is 3.39. The molecule has 3 aromatic carbocycles. The van der Waals surface area contributed by atoms with Crippen LogP contribution in [0.5, 0.6) is 0 Å². The van der Waals surface area contributed by atoms with Crippen molar-refractivity contribution >= 4 is 33.2 Å². The van der Waals surface area contributed by atoms with Gasteiger partial charge in [0.15, 0.2) is 0 Å². The first-order valence-electron chi connectivity index (χ1n) is 9.36. The second-order valence-electron chi connectivity index (χ2n) is 7.18. The molecule has 0 bridgehead atoms. The first-order valence-corrected chi connectivity index (χ1v) is 11.2. The van der Waals surface area contributed by atoms with Crippen molar-refractivity contribution in [3.8, 4) is 0 Å². The Morgan fingerprint density at radius 1 is 0.967 bits per heavy atom. The van der Waals surface area contributed by atoms with Gasteiger partial charge in [-0.1, -0.05) is 47.5 Å². The van der Waals surface area contributed by atoms with Crippen molar-refractivity contribution < 1.29 is 13.2 Å². The summed E-state index contributed by atoms with van der Waals surface area (Å²) in [6.07, 6.45) is 0. The third-order valence-electron chi connectivity index (χ3n) is 4.80. The zero-order valence-corrected chi connectivity index (χ0v) is 18.6. The normalized spacial score (nSPS) is 11.5. The SMILES string of the molecule is Cc1ccc(S(=O)(=O)N(C)Cc2ccc(C(=O)Nc3cc(Cl)ccc3C)cc2)cc1. The maximum atomic E-state index is 12.7. The average Bonchev–Trinajstić information content (AvgIpc) is 2.71. The van der Waals surface area contributed by atoms with Crippen molar-refractivity contribution in [1.82, 2.24) is 4.31 Å². The summed E-state index contributed by atoms with van der Waals surface area (Å²) in [5.41, 5.74) is 3.82. The highest BCUT2D eigenvalue weighted by Crippen LogP contribution is 2.21.